The lowest BCUT2D eigenvalue weighted by Gasteiger charge is -2.41. The third-order valence-corrected chi connectivity index (χ3v) is 3.57. The van der Waals surface area contributed by atoms with Gasteiger partial charge in [0.2, 0.25) is 0 Å². The average Bonchev–Trinajstić information content (AvgIpc) is 2.25. The van der Waals surface area contributed by atoms with Gasteiger partial charge >= 0.3 is 0 Å². The van der Waals surface area contributed by atoms with Crippen LogP contribution in [0.15, 0.2) is 30.3 Å². The molecule has 14 heavy (non-hydrogen) atoms. The lowest BCUT2D eigenvalue weighted by atomic mass is 9.71. The van der Waals surface area contributed by atoms with E-state index < -0.39 is 0 Å². The summed E-state index contributed by atoms with van der Waals surface area (Å²) in [4.78, 5) is 0. The van der Waals surface area contributed by atoms with Gasteiger partial charge in [-0.1, -0.05) is 44.2 Å². The second-order valence-electron chi connectivity index (χ2n) is 4.55. The highest BCUT2D eigenvalue weighted by Crippen LogP contribution is 2.33. The van der Waals surface area contributed by atoms with Gasteiger partial charge in [0.25, 0.3) is 0 Å². The summed E-state index contributed by atoms with van der Waals surface area (Å²) < 4.78 is 0. The van der Waals surface area contributed by atoms with E-state index in [2.05, 4.69) is 49.5 Å². The van der Waals surface area contributed by atoms with Gasteiger partial charge < -0.3 is 5.32 Å². The molecule has 1 aromatic rings. The van der Waals surface area contributed by atoms with Crippen molar-refractivity contribution in [2.24, 2.45) is 11.8 Å². The Balaban J connectivity index is 1.79. The van der Waals surface area contributed by atoms with Gasteiger partial charge in [-0.3, -0.25) is 0 Å². The van der Waals surface area contributed by atoms with Crippen LogP contribution >= 0.6 is 0 Å². The topological polar surface area (TPSA) is 12.0 Å². The summed E-state index contributed by atoms with van der Waals surface area (Å²) in [5.74, 6) is 1.75. The molecule has 1 saturated carbocycles. The quantitative estimate of drug-likeness (QED) is 0.771. The van der Waals surface area contributed by atoms with E-state index in [4.69, 9.17) is 0 Å². The summed E-state index contributed by atoms with van der Waals surface area (Å²) in [5, 5.41) is 3.62. The van der Waals surface area contributed by atoms with E-state index in [0.29, 0.717) is 0 Å². The van der Waals surface area contributed by atoms with Crippen molar-refractivity contribution in [3.05, 3.63) is 35.9 Å². The van der Waals surface area contributed by atoms with Gasteiger partial charge in [0.1, 0.15) is 0 Å². The van der Waals surface area contributed by atoms with Gasteiger partial charge in [0.15, 0.2) is 0 Å². The maximum Gasteiger partial charge on any atom is 0.0208 e. The summed E-state index contributed by atoms with van der Waals surface area (Å²) in [5.41, 5.74) is 1.39. The Labute approximate surface area is 86.5 Å². The molecule has 1 aromatic carbocycles. The smallest absolute Gasteiger partial charge is 0.0208 e. The van der Waals surface area contributed by atoms with Crippen LogP contribution in [0.2, 0.25) is 0 Å². The summed E-state index contributed by atoms with van der Waals surface area (Å²) in [6, 6.07) is 11.4. The SMILES string of the molecule is CC1CC(NCc2ccccc2)C1C. The zero-order valence-corrected chi connectivity index (χ0v) is 9.03. The van der Waals surface area contributed by atoms with Crippen molar-refractivity contribution in [2.45, 2.75) is 32.9 Å². The summed E-state index contributed by atoms with van der Waals surface area (Å²) in [6.45, 7) is 5.70. The molecule has 1 heteroatoms. The maximum absolute atomic E-state index is 3.62. The highest BCUT2D eigenvalue weighted by molar-refractivity contribution is 5.14. The zero-order valence-electron chi connectivity index (χ0n) is 9.03. The molecule has 3 unspecified atom stereocenters. The van der Waals surface area contributed by atoms with Crippen LogP contribution in [-0.4, -0.2) is 6.04 Å². The van der Waals surface area contributed by atoms with Crippen molar-refractivity contribution in [1.82, 2.24) is 5.32 Å². The summed E-state index contributed by atoms with van der Waals surface area (Å²) >= 11 is 0. The molecule has 1 aliphatic carbocycles. The second-order valence-corrected chi connectivity index (χ2v) is 4.55. The predicted molar refractivity (Wildman–Crippen MR) is 60.0 cm³/mol. The normalized spacial score (nSPS) is 31.1. The van der Waals surface area contributed by atoms with Gasteiger partial charge in [-0.05, 0) is 23.8 Å². The van der Waals surface area contributed by atoms with Gasteiger partial charge in [-0.15, -0.1) is 0 Å². The first-order chi connectivity index (χ1) is 6.77. The summed E-state index contributed by atoms with van der Waals surface area (Å²) in [6.07, 6.45) is 1.34. The third-order valence-electron chi connectivity index (χ3n) is 3.57. The van der Waals surface area contributed by atoms with Crippen molar-refractivity contribution in [1.29, 1.82) is 0 Å². The van der Waals surface area contributed by atoms with Crippen LogP contribution in [0.1, 0.15) is 25.8 Å². The fraction of sp³-hybridized carbons (Fsp3) is 0.538. The fourth-order valence-electron chi connectivity index (χ4n) is 2.14. The Morgan fingerprint density at radius 3 is 2.50 bits per heavy atom. The minimum Gasteiger partial charge on any atom is -0.310 e. The van der Waals surface area contributed by atoms with Crippen LogP contribution in [0.25, 0.3) is 0 Å². The van der Waals surface area contributed by atoms with E-state index >= 15 is 0 Å². The Bertz CT molecular complexity index is 281. The van der Waals surface area contributed by atoms with Crippen molar-refractivity contribution in [2.75, 3.05) is 0 Å². The van der Waals surface area contributed by atoms with Gasteiger partial charge in [-0.25, -0.2) is 0 Å². The first-order valence-electron chi connectivity index (χ1n) is 5.54. The lowest BCUT2D eigenvalue weighted by molar-refractivity contribution is 0.136. The maximum atomic E-state index is 3.62. The number of hydrogen-bond donors (Lipinski definition) is 1. The Morgan fingerprint density at radius 2 is 1.93 bits per heavy atom. The highest BCUT2D eigenvalue weighted by Gasteiger charge is 2.33. The molecule has 1 N–H and O–H groups in total. The van der Waals surface area contributed by atoms with Crippen LogP contribution in [0.3, 0.4) is 0 Å². The van der Waals surface area contributed by atoms with E-state index in [1.54, 1.807) is 0 Å². The molecule has 0 spiro atoms. The molecule has 76 valence electrons. The molecule has 0 bridgehead atoms. The van der Waals surface area contributed by atoms with Crippen molar-refractivity contribution in [3.63, 3.8) is 0 Å². The van der Waals surface area contributed by atoms with E-state index in [1.807, 2.05) is 0 Å². The van der Waals surface area contributed by atoms with Crippen LogP contribution in [-0.2, 0) is 6.54 Å². The Morgan fingerprint density at radius 1 is 1.21 bits per heavy atom. The molecule has 0 aliphatic heterocycles. The van der Waals surface area contributed by atoms with Crippen LogP contribution in [0.4, 0.5) is 0 Å². The van der Waals surface area contributed by atoms with Crippen molar-refractivity contribution >= 4 is 0 Å². The van der Waals surface area contributed by atoms with Crippen molar-refractivity contribution < 1.29 is 0 Å². The van der Waals surface area contributed by atoms with Crippen LogP contribution in [0, 0.1) is 11.8 Å². The van der Waals surface area contributed by atoms with Crippen LogP contribution in [0.5, 0.6) is 0 Å². The molecule has 3 atom stereocenters. The average molecular weight is 189 g/mol. The first-order valence-corrected chi connectivity index (χ1v) is 5.54. The number of benzene rings is 1. The Hall–Kier alpha value is -0.820. The predicted octanol–water partition coefficient (Wildman–Crippen LogP) is 2.82. The minimum absolute atomic E-state index is 0.741. The molecule has 1 aliphatic rings. The molecule has 0 heterocycles. The molecule has 1 fully saturated rings. The largest absolute Gasteiger partial charge is 0.310 e. The highest BCUT2D eigenvalue weighted by atomic mass is 14.9. The van der Waals surface area contributed by atoms with Gasteiger partial charge in [-0.2, -0.15) is 0 Å². The Kier molecular flexibility index (Phi) is 2.87. The molecule has 0 saturated heterocycles. The molecule has 0 aromatic heterocycles. The van der Waals surface area contributed by atoms with Crippen molar-refractivity contribution in [3.8, 4) is 0 Å². The number of rotatable bonds is 3. The third kappa shape index (κ3) is 1.98. The zero-order chi connectivity index (χ0) is 9.97. The van der Waals surface area contributed by atoms with Gasteiger partial charge in [0, 0.05) is 12.6 Å². The lowest BCUT2D eigenvalue weighted by Crippen LogP contribution is -2.47. The number of nitrogens with one attached hydrogen (secondary N) is 1. The monoisotopic (exact) mass is 189 g/mol. The van der Waals surface area contributed by atoms with E-state index in [1.165, 1.54) is 12.0 Å². The molecule has 1 nitrogen and oxygen atoms in total. The standard InChI is InChI=1S/C13H19N/c1-10-8-13(11(10)2)14-9-12-6-4-3-5-7-12/h3-7,10-11,13-14H,8-9H2,1-2H3. The molecule has 0 amide bonds. The second kappa shape index (κ2) is 4.14. The van der Waals surface area contributed by atoms with E-state index in [0.717, 1.165) is 24.4 Å². The minimum atomic E-state index is 0.741. The molecule has 2 rings (SSSR count). The number of hydrogen-bond acceptors (Lipinski definition) is 1. The molecular formula is C13H19N. The molecular weight excluding hydrogens is 170 g/mol. The van der Waals surface area contributed by atoms with Gasteiger partial charge in [0.05, 0.1) is 0 Å². The van der Waals surface area contributed by atoms with E-state index in [-0.39, 0.29) is 0 Å². The molecule has 0 radical (unpaired) electrons. The summed E-state index contributed by atoms with van der Waals surface area (Å²) in [7, 11) is 0. The fourth-order valence-corrected chi connectivity index (χ4v) is 2.14. The first kappa shape index (κ1) is 9.72. The van der Waals surface area contributed by atoms with Crippen LogP contribution < -0.4 is 5.32 Å². The van der Waals surface area contributed by atoms with E-state index in [9.17, 15) is 0 Å².